The molecule has 0 bridgehead atoms. The average Bonchev–Trinajstić information content (AvgIpc) is 3.06. The Labute approximate surface area is 193 Å². The Morgan fingerprint density at radius 1 is 0.909 bits per heavy atom. The van der Waals surface area contributed by atoms with Crippen LogP contribution < -0.4 is 5.32 Å². The van der Waals surface area contributed by atoms with Crippen molar-refractivity contribution >= 4 is 23.6 Å². The van der Waals surface area contributed by atoms with Crippen molar-refractivity contribution < 1.29 is 19.2 Å². The van der Waals surface area contributed by atoms with Crippen molar-refractivity contribution in [2.75, 3.05) is 6.54 Å². The van der Waals surface area contributed by atoms with Crippen molar-refractivity contribution in [3.05, 3.63) is 70.8 Å². The molecule has 4 amide bonds. The first-order chi connectivity index (χ1) is 15.8. The lowest BCUT2D eigenvalue weighted by molar-refractivity contribution is -0.137. The van der Waals surface area contributed by atoms with Crippen LogP contribution in [0.5, 0.6) is 0 Å². The smallest absolute Gasteiger partial charge is 0.262 e. The number of imide groups is 1. The average molecular weight is 448 g/mol. The summed E-state index contributed by atoms with van der Waals surface area (Å²) in [6.07, 6.45) is 1.09. The second-order valence-electron chi connectivity index (χ2n) is 9.18. The summed E-state index contributed by atoms with van der Waals surface area (Å²) in [7, 11) is 0. The molecule has 0 saturated carbocycles. The minimum Gasteiger partial charge on any atom is -0.343 e. The van der Waals surface area contributed by atoms with E-state index in [1.54, 1.807) is 36.1 Å². The number of benzene rings is 2. The van der Waals surface area contributed by atoms with Crippen LogP contribution in [0.4, 0.5) is 0 Å². The fourth-order valence-corrected chi connectivity index (χ4v) is 4.60. The lowest BCUT2D eigenvalue weighted by Gasteiger charge is -2.32. The van der Waals surface area contributed by atoms with Crippen molar-refractivity contribution in [3.8, 4) is 0 Å². The van der Waals surface area contributed by atoms with Gasteiger partial charge in [-0.25, -0.2) is 0 Å². The molecule has 2 heterocycles. The quantitative estimate of drug-likeness (QED) is 0.690. The molecule has 2 aromatic carbocycles. The highest BCUT2D eigenvalue weighted by Gasteiger charge is 2.43. The molecule has 0 aromatic heterocycles. The molecule has 2 atom stereocenters. The van der Waals surface area contributed by atoms with Gasteiger partial charge < -0.3 is 10.2 Å². The van der Waals surface area contributed by atoms with Gasteiger partial charge in [0.15, 0.2) is 0 Å². The van der Waals surface area contributed by atoms with Gasteiger partial charge in [0.25, 0.3) is 11.8 Å². The Balaban J connectivity index is 1.48. The topological polar surface area (TPSA) is 86.8 Å². The van der Waals surface area contributed by atoms with Crippen molar-refractivity contribution in [2.24, 2.45) is 5.92 Å². The standard InChI is InChI=1S/C26H29N3O4/c1-16(2)14-22(29-25(32)20-10-6-7-11-21(20)26(29)33)23(30)27-17(3)24(31)28-13-12-18-8-4-5-9-19(18)15-28/h4-11,16-17,22H,12-15H2,1-3H3,(H,27,30)/t17-,22?/m0/s1. The summed E-state index contributed by atoms with van der Waals surface area (Å²) in [5.41, 5.74) is 2.96. The van der Waals surface area contributed by atoms with Crippen LogP contribution >= 0.6 is 0 Å². The van der Waals surface area contributed by atoms with Crippen LogP contribution in [0.15, 0.2) is 48.5 Å². The summed E-state index contributed by atoms with van der Waals surface area (Å²) in [5, 5.41) is 2.77. The second-order valence-corrected chi connectivity index (χ2v) is 9.18. The molecule has 2 aliphatic rings. The zero-order chi connectivity index (χ0) is 23.7. The van der Waals surface area contributed by atoms with E-state index in [0.29, 0.717) is 30.6 Å². The summed E-state index contributed by atoms with van der Waals surface area (Å²) >= 11 is 0. The highest BCUT2D eigenvalue weighted by atomic mass is 16.2. The van der Waals surface area contributed by atoms with E-state index in [2.05, 4.69) is 11.4 Å². The molecule has 0 aliphatic carbocycles. The highest BCUT2D eigenvalue weighted by molar-refractivity contribution is 6.22. The number of hydrogen-bond acceptors (Lipinski definition) is 4. The van der Waals surface area contributed by atoms with E-state index in [1.807, 2.05) is 32.0 Å². The summed E-state index contributed by atoms with van der Waals surface area (Å²) in [6.45, 7) is 6.60. The van der Waals surface area contributed by atoms with E-state index < -0.39 is 29.8 Å². The minimum atomic E-state index is -0.977. The van der Waals surface area contributed by atoms with E-state index in [0.717, 1.165) is 16.9 Å². The molecular weight excluding hydrogens is 418 g/mol. The lowest BCUT2D eigenvalue weighted by Crippen LogP contribution is -2.55. The van der Waals surface area contributed by atoms with Gasteiger partial charge in [-0.15, -0.1) is 0 Å². The minimum absolute atomic E-state index is 0.0645. The summed E-state index contributed by atoms with van der Waals surface area (Å²) in [5.74, 6) is -1.54. The van der Waals surface area contributed by atoms with Crippen LogP contribution in [0.1, 0.15) is 59.0 Å². The van der Waals surface area contributed by atoms with Crippen LogP contribution in [-0.2, 0) is 22.6 Å². The van der Waals surface area contributed by atoms with Gasteiger partial charge in [0.05, 0.1) is 11.1 Å². The number of carbonyl (C=O) groups is 4. The van der Waals surface area contributed by atoms with Gasteiger partial charge in [-0.1, -0.05) is 50.2 Å². The third-order valence-corrected chi connectivity index (χ3v) is 6.31. The molecule has 0 radical (unpaired) electrons. The van der Waals surface area contributed by atoms with Crippen molar-refractivity contribution in [1.82, 2.24) is 15.1 Å². The number of hydrogen-bond donors (Lipinski definition) is 1. The molecule has 7 nitrogen and oxygen atoms in total. The van der Waals surface area contributed by atoms with Gasteiger partial charge in [-0.2, -0.15) is 0 Å². The summed E-state index contributed by atoms with van der Waals surface area (Å²) < 4.78 is 0. The first-order valence-electron chi connectivity index (χ1n) is 11.4. The lowest BCUT2D eigenvalue weighted by atomic mass is 9.99. The van der Waals surface area contributed by atoms with E-state index in [4.69, 9.17) is 0 Å². The Bertz CT molecular complexity index is 1080. The van der Waals surface area contributed by atoms with Gasteiger partial charge in [0.2, 0.25) is 11.8 Å². The van der Waals surface area contributed by atoms with Gasteiger partial charge in [0.1, 0.15) is 12.1 Å². The predicted molar refractivity (Wildman–Crippen MR) is 123 cm³/mol. The number of amides is 4. The van der Waals surface area contributed by atoms with E-state index in [-0.39, 0.29) is 11.8 Å². The van der Waals surface area contributed by atoms with E-state index >= 15 is 0 Å². The van der Waals surface area contributed by atoms with Gasteiger partial charge in [0, 0.05) is 13.1 Å². The first kappa shape index (κ1) is 22.7. The Morgan fingerprint density at radius 3 is 2.09 bits per heavy atom. The van der Waals surface area contributed by atoms with E-state index in [9.17, 15) is 19.2 Å². The number of carbonyl (C=O) groups excluding carboxylic acids is 4. The SMILES string of the molecule is CC(C)CC(C(=O)N[C@@H](C)C(=O)N1CCc2ccccc2C1)N1C(=O)c2ccccc2C1=O. The molecule has 0 fully saturated rings. The molecule has 172 valence electrons. The number of nitrogens with zero attached hydrogens (tertiary/aromatic N) is 2. The van der Waals surface area contributed by atoms with Crippen molar-refractivity contribution in [2.45, 2.75) is 52.2 Å². The normalized spacial score (nSPS) is 17.0. The molecule has 4 rings (SSSR count). The second kappa shape index (κ2) is 9.17. The Hall–Kier alpha value is -3.48. The van der Waals surface area contributed by atoms with Crippen LogP contribution in [0.3, 0.4) is 0 Å². The highest BCUT2D eigenvalue weighted by Crippen LogP contribution is 2.27. The molecule has 33 heavy (non-hydrogen) atoms. The fraction of sp³-hybridized carbons (Fsp3) is 0.385. The zero-order valence-corrected chi connectivity index (χ0v) is 19.2. The Morgan fingerprint density at radius 2 is 1.48 bits per heavy atom. The first-order valence-corrected chi connectivity index (χ1v) is 11.4. The van der Waals surface area contributed by atoms with Crippen molar-refractivity contribution in [3.63, 3.8) is 0 Å². The van der Waals surface area contributed by atoms with Gasteiger partial charge >= 0.3 is 0 Å². The fourth-order valence-electron chi connectivity index (χ4n) is 4.60. The van der Waals surface area contributed by atoms with E-state index in [1.165, 1.54) is 5.56 Å². The van der Waals surface area contributed by atoms with Crippen LogP contribution in [0, 0.1) is 5.92 Å². The molecular formula is C26H29N3O4. The number of rotatable bonds is 6. The van der Waals surface area contributed by atoms with Gasteiger partial charge in [-0.3, -0.25) is 24.1 Å². The largest absolute Gasteiger partial charge is 0.343 e. The molecule has 0 spiro atoms. The van der Waals surface area contributed by atoms with Crippen LogP contribution in [0.25, 0.3) is 0 Å². The zero-order valence-electron chi connectivity index (χ0n) is 19.2. The number of nitrogens with one attached hydrogen (secondary N) is 1. The summed E-state index contributed by atoms with van der Waals surface area (Å²) in [6, 6.07) is 12.9. The van der Waals surface area contributed by atoms with Crippen LogP contribution in [0.2, 0.25) is 0 Å². The third-order valence-electron chi connectivity index (χ3n) is 6.31. The number of fused-ring (bicyclic) bond motifs is 2. The maximum atomic E-state index is 13.3. The molecule has 2 aliphatic heterocycles. The van der Waals surface area contributed by atoms with Gasteiger partial charge in [-0.05, 0) is 48.9 Å². The summed E-state index contributed by atoms with van der Waals surface area (Å²) in [4.78, 5) is 55.1. The third kappa shape index (κ3) is 4.40. The maximum absolute atomic E-state index is 13.3. The Kier molecular flexibility index (Phi) is 6.31. The molecule has 1 unspecified atom stereocenters. The molecule has 7 heteroatoms. The maximum Gasteiger partial charge on any atom is 0.262 e. The monoisotopic (exact) mass is 447 g/mol. The van der Waals surface area contributed by atoms with Crippen LogP contribution in [-0.4, -0.2) is 52.1 Å². The van der Waals surface area contributed by atoms with Crippen molar-refractivity contribution in [1.29, 1.82) is 0 Å². The predicted octanol–water partition coefficient (Wildman–Crippen LogP) is 2.79. The molecule has 1 N–H and O–H groups in total. The molecule has 0 saturated heterocycles. The molecule has 2 aromatic rings.